The monoisotopic (exact) mass is 252 g/mol. The lowest BCUT2D eigenvalue weighted by Gasteiger charge is -2.08. The summed E-state index contributed by atoms with van der Waals surface area (Å²) in [7, 11) is 0. The molecule has 0 aliphatic rings. The Kier molecular flexibility index (Phi) is 3.41. The SMILES string of the molecule is Nc1cncc(Br)c1OCC(F)F. The van der Waals surface area contributed by atoms with Crippen LogP contribution in [-0.4, -0.2) is 18.0 Å². The fourth-order valence-electron chi connectivity index (χ4n) is 0.737. The highest BCUT2D eigenvalue weighted by Crippen LogP contribution is 2.29. The number of ether oxygens (including phenoxy) is 1. The smallest absolute Gasteiger partial charge is 0.272 e. The fourth-order valence-corrected chi connectivity index (χ4v) is 1.20. The van der Waals surface area contributed by atoms with Crippen LogP contribution in [-0.2, 0) is 0 Å². The molecule has 13 heavy (non-hydrogen) atoms. The molecule has 0 saturated carbocycles. The minimum atomic E-state index is -2.51. The highest BCUT2D eigenvalue weighted by Gasteiger charge is 2.09. The molecule has 2 N–H and O–H groups in total. The van der Waals surface area contributed by atoms with Gasteiger partial charge in [-0.2, -0.15) is 0 Å². The largest absolute Gasteiger partial charge is 0.484 e. The Balaban J connectivity index is 2.75. The van der Waals surface area contributed by atoms with Gasteiger partial charge in [-0.05, 0) is 15.9 Å². The number of alkyl halides is 2. The minimum Gasteiger partial charge on any atom is -0.484 e. The van der Waals surface area contributed by atoms with Gasteiger partial charge in [0.05, 0.1) is 16.4 Å². The summed E-state index contributed by atoms with van der Waals surface area (Å²) in [6.07, 6.45) is 0.252. The van der Waals surface area contributed by atoms with Crippen LogP contribution in [0.15, 0.2) is 16.9 Å². The van der Waals surface area contributed by atoms with E-state index in [9.17, 15) is 8.78 Å². The van der Waals surface area contributed by atoms with Crippen LogP contribution in [0, 0.1) is 0 Å². The van der Waals surface area contributed by atoms with Crippen LogP contribution in [0.4, 0.5) is 14.5 Å². The van der Waals surface area contributed by atoms with Crippen LogP contribution in [0.2, 0.25) is 0 Å². The Labute approximate surface area is 82.0 Å². The highest BCUT2D eigenvalue weighted by molar-refractivity contribution is 9.10. The molecular formula is C7H7BrF2N2O. The zero-order valence-electron chi connectivity index (χ0n) is 6.51. The molecular weight excluding hydrogens is 246 g/mol. The molecule has 0 fully saturated rings. The van der Waals surface area contributed by atoms with E-state index in [4.69, 9.17) is 10.5 Å². The molecule has 0 aliphatic heterocycles. The molecule has 1 aromatic heterocycles. The molecule has 0 saturated heterocycles. The zero-order chi connectivity index (χ0) is 9.84. The number of anilines is 1. The normalized spacial score (nSPS) is 10.5. The van der Waals surface area contributed by atoms with Crippen LogP contribution in [0.25, 0.3) is 0 Å². The van der Waals surface area contributed by atoms with E-state index in [1.807, 2.05) is 0 Å². The van der Waals surface area contributed by atoms with Crippen molar-refractivity contribution in [1.29, 1.82) is 0 Å². The molecule has 0 aromatic carbocycles. The predicted octanol–water partition coefficient (Wildman–Crippen LogP) is 2.07. The van der Waals surface area contributed by atoms with Crippen molar-refractivity contribution in [3.8, 4) is 5.75 Å². The van der Waals surface area contributed by atoms with Crippen molar-refractivity contribution in [2.75, 3.05) is 12.3 Å². The average Bonchev–Trinajstić information content (AvgIpc) is 2.03. The number of pyridine rings is 1. The van der Waals surface area contributed by atoms with Crippen LogP contribution < -0.4 is 10.5 Å². The number of nitrogens with two attached hydrogens (primary N) is 1. The Bertz CT molecular complexity index is 276. The van der Waals surface area contributed by atoms with Gasteiger partial charge in [0.1, 0.15) is 6.61 Å². The molecule has 0 spiro atoms. The Hall–Kier alpha value is -0.910. The van der Waals surface area contributed by atoms with E-state index in [-0.39, 0.29) is 11.4 Å². The number of nitrogen functional groups attached to an aromatic ring is 1. The van der Waals surface area contributed by atoms with Gasteiger partial charge in [0.2, 0.25) is 0 Å². The number of rotatable bonds is 3. The molecule has 6 heteroatoms. The van der Waals surface area contributed by atoms with Crippen molar-refractivity contribution >= 4 is 21.6 Å². The van der Waals surface area contributed by atoms with Gasteiger partial charge in [-0.25, -0.2) is 8.78 Å². The summed E-state index contributed by atoms with van der Waals surface area (Å²) in [5.41, 5.74) is 5.68. The van der Waals surface area contributed by atoms with Crippen molar-refractivity contribution in [3.63, 3.8) is 0 Å². The summed E-state index contributed by atoms with van der Waals surface area (Å²) >= 11 is 3.08. The maximum absolute atomic E-state index is 11.8. The molecule has 1 rings (SSSR count). The summed E-state index contributed by atoms with van der Waals surface area (Å²) in [6, 6.07) is 0. The van der Waals surface area contributed by atoms with E-state index in [0.29, 0.717) is 4.47 Å². The molecule has 0 amide bonds. The first-order chi connectivity index (χ1) is 6.11. The van der Waals surface area contributed by atoms with Gasteiger partial charge >= 0.3 is 0 Å². The van der Waals surface area contributed by atoms with Gasteiger partial charge in [-0.1, -0.05) is 0 Å². The molecule has 0 bridgehead atoms. The third kappa shape index (κ3) is 2.80. The number of halogens is 3. The van der Waals surface area contributed by atoms with E-state index in [1.54, 1.807) is 0 Å². The Morgan fingerprint density at radius 3 is 2.77 bits per heavy atom. The maximum atomic E-state index is 11.8. The van der Waals surface area contributed by atoms with Gasteiger partial charge in [0.15, 0.2) is 5.75 Å². The molecule has 3 nitrogen and oxygen atoms in total. The van der Waals surface area contributed by atoms with Crippen LogP contribution in [0.5, 0.6) is 5.75 Å². The summed E-state index contributed by atoms with van der Waals surface area (Å²) in [6.45, 7) is -0.674. The number of nitrogens with zero attached hydrogens (tertiary/aromatic N) is 1. The Morgan fingerprint density at radius 2 is 2.23 bits per heavy atom. The lowest BCUT2D eigenvalue weighted by atomic mass is 10.4. The fraction of sp³-hybridized carbons (Fsp3) is 0.286. The lowest BCUT2D eigenvalue weighted by molar-refractivity contribution is 0.0819. The second-order valence-corrected chi connectivity index (χ2v) is 3.10. The summed E-state index contributed by atoms with van der Waals surface area (Å²) in [5.74, 6) is 0.204. The number of hydrogen-bond donors (Lipinski definition) is 1. The summed E-state index contributed by atoms with van der Waals surface area (Å²) in [5, 5.41) is 0. The zero-order valence-corrected chi connectivity index (χ0v) is 8.09. The maximum Gasteiger partial charge on any atom is 0.272 e. The van der Waals surface area contributed by atoms with Crippen molar-refractivity contribution in [1.82, 2.24) is 4.98 Å². The highest BCUT2D eigenvalue weighted by atomic mass is 79.9. The molecule has 72 valence electrons. The Morgan fingerprint density at radius 1 is 1.54 bits per heavy atom. The molecule has 1 aromatic rings. The second kappa shape index (κ2) is 4.36. The molecule has 1 heterocycles. The molecule has 0 radical (unpaired) electrons. The van der Waals surface area contributed by atoms with Crippen molar-refractivity contribution in [3.05, 3.63) is 16.9 Å². The van der Waals surface area contributed by atoms with Gasteiger partial charge < -0.3 is 10.5 Å². The van der Waals surface area contributed by atoms with Gasteiger partial charge in [0.25, 0.3) is 6.43 Å². The van der Waals surface area contributed by atoms with Gasteiger partial charge in [0, 0.05) is 6.20 Å². The van der Waals surface area contributed by atoms with Crippen molar-refractivity contribution in [2.45, 2.75) is 6.43 Å². The molecule has 0 atom stereocenters. The first kappa shape index (κ1) is 10.2. The molecule has 0 unspecified atom stereocenters. The van der Waals surface area contributed by atoms with Gasteiger partial charge in [-0.15, -0.1) is 0 Å². The second-order valence-electron chi connectivity index (χ2n) is 2.24. The first-order valence-corrected chi connectivity index (χ1v) is 4.20. The van der Waals surface area contributed by atoms with E-state index in [2.05, 4.69) is 20.9 Å². The van der Waals surface area contributed by atoms with Crippen LogP contribution in [0.1, 0.15) is 0 Å². The summed E-state index contributed by atoms with van der Waals surface area (Å²) in [4.78, 5) is 3.73. The predicted molar refractivity (Wildman–Crippen MR) is 47.8 cm³/mol. The average molecular weight is 253 g/mol. The topological polar surface area (TPSA) is 48.1 Å². The summed E-state index contributed by atoms with van der Waals surface area (Å²) < 4.78 is 28.8. The lowest BCUT2D eigenvalue weighted by Crippen LogP contribution is -2.08. The third-order valence-corrected chi connectivity index (χ3v) is 1.80. The van der Waals surface area contributed by atoms with Gasteiger partial charge in [-0.3, -0.25) is 4.98 Å². The van der Waals surface area contributed by atoms with Crippen molar-refractivity contribution in [2.24, 2.45) is 0 Å². The van der Waals surface area contributed by atoms with E-state index < -0.39 is 13.0 Å². The van der Waals surface area contributed by atoms with E-state index >= 15 is 0 Å². The standard InChI is InChI=1S/C7H7BrF2N2O/c8-4-1-12-2-5(11)7(4)13-3-6(9)10/h1-2,6H,3,11H2. The number of hydrogen-bond acceptors (Lipinski definition) is 3. The van der Waals surface area contributed by atoms with E-state index in [0.717, 1.165) is 0 Å². The molecule has 0 aliphatic carbocycles. The minimum absolute atomic E-state index is 0.204. The number of aromatic nitrogens is 1. The van der Waals surface area contributed by atoms with Crippen LogP contribution in [0.3, 0.4) is 0 Å². The van der Waals surface area contributed by atoms with E-state index in [1.165, 1.54) is 12.4 Å². The van der Waals surface area contributed by atoms with Crippen LogP contribution >= 0.6 is 15.9 Å². The van der Waals surface area contributed by atoms with Crippen molar-refractivity contribution < 1.29 is 13.5 Å². The third-order valence-electron chi connectivity index (χ3n) is 1.23. The first-order valence-electron chi connectivity index (χ1n) is 3.41. The quantitative estimate of drug-likeness (QED) is 0.896.